The van der Waals surface area contributed by atoms with E-state index < -0.39 is 0 Å². The Hall–Kier alpha value is -1.51. The van der Waals surface area contributed by atoms with E-state index in [4.69, 9.17) is 5.73 Å². The van der Waals surface area contributed by atoms with E-state index in [9.17, 15) is 4.79 Å². The summed E-state index contributed by atoms with van der Waals surface area (Å²) in [6, 6.07) is 8.40. The highest BCUT2D eigenvalue weighted by atomic mass is 16.2. The number of carbonyl (C=O) groups is 1. The van der Waals surface area contributed by atoms with Crippen LogP contribution in [0.25, 0.3) is 0 Å². The minimum Gasteiger partial charge on any atom is -0.398 e. The van der Waals surface area contributed by atoms with Gasteiger partial charge in [-0.2, -0.15) is 0 Å². The number of nitrogens with two attached hydrogens (primary N) is 1. The molecule has 1 amide bonds. The van der Waals surface area contributed by atoms with Gasteiger partial charge in [-0.1, -0.05) is 18.2 Å². The molecule has 0 saturated heterocycles. The number of anilines is 1. The van der Waals surface area contributed by atoms with Gasteiger partial charge in [0.2, 0.25) is 5.91 Å². The summed E-state index contributed by atoms with van der Waals surface area (Å²) in [6.07, 6.45) is 5.98. The number of hydrogen-bond donors (Lipinski definition) is 1. The summed E-state index contributed by atoms with van der Waals surface area (Å²) in [7, 11) is 0. The Bertz CT molecular complexity index is 528. The predicted octanol–water partition coefficient (Wildman–Crippen LogP) is 2.81. The Kier molecular flexibility index (Phi) is 2.76. The molecule has 0 aromatic heterocycles. The number of rotatable bonds is 4. The van der Waals surface area contributed by atoms with Crippen molar-refractivity contribution in [3.63, 3.8) is 0 Å². The molecule has 20 heavy (non-hydrogen) atoms. The molecule has 3 fully saturated rings. The highest BCUT2D eigenvalue weighted by Crippen LogP contribution is 2.55. The van der Waals surface area contributed by atoms with Crippen LogP contribution < -0.4 is 5.73 Å². The van der Waals surface area contributed by atoms with E-state index >= 15 is 0 Å². The molecule has 0 spiro atoms. The number of hydrogen-bond acceptors (Lipinski definition) is 2. The van der Waals surface area contributed by atoms with E-state index in [2.05, 4.69) is 4.90 Å². The monoisotopic (exact) mass is 270 g/mol. The van der Waals surface area contributed by atoms with Crippen LogP contribution >= 0.6 is 0 Å². The number of para-hydroxylation sites is 1. The summed E-state index contributed by atoms with van der Waals surface area (Å²) in [4.78, 5) is 14.9. The van der Waals surface area contributed by atoms with Crippen molar-refractivity contribution in [3.8, 4) is 0 Å². The molecule has 2 N–H and O–H groups in total. The average molecular weight is 270 g/mol. The molecule has 2 atom stereocenters. The van der Waals surface area contributed by atoms with Crippen LogP contribution in [0, 0.1) is 17.8 Å². The standard InChI is InChI=1S/C17H22N2O/c18-16-4-2-1-3-11(16)10-19(15-5-6-15)17(20)14-8-12-7-13(12)9-14/h1-4,12-15H,5-10,18H2. The molecule has 0 heterocycles. The van der Waals surface area contributed by atoms with E-state index in [1.807, 2.05) is 24.3 Å². The molecular formula is C17H22N2O. The summed E-state index contributed by atoms with van der Waals surface area (Å²) < 4.78 is 0. The molecule has 0 aliphatic heterocycles. The lowest BCUT2D eigenvalue weighted by molar-refractivity contribution is -0.136. The van der Waals surface area contributed by atoms with Crippen molar-refractivity contribution in [2.75, 3.05) is 5.73 Å². The van der Waals surface area contributed by atoms with Gasteiger partial charge in [-0.3, -0.25) is 4.79 Å². The van der Waals surface area contributed by atoms with E-state index in [-0.39, 0.29) is 0 Å². The van der Waals surface area contributed by atoms with Crippen LogP contribution in [0.2, 0.25) is 0 Å². The van der Waals surface area contributed by atoms with Crippen LogP contribution in [0.15, 0.2) is 24.3 Å². The van der Waals surface area contributed by atoms with Gasteiger partial charge in [-0.05, 0) is 55.6 Å². The van der Waals surface area contributed by atoms with Crippen LogP contribution in [-0.4, -0.2) is 16.8 Å². The molecule has 1 aromatic rings. The van der Waals surface area contributed by atoms with E-state index in [1.165, 1.54) is 6.42 Å². The van der Waals surface area contributed by atoms with Crippen molar-refractivity contribution < 1.29 is 4.79 Å². The van der Waals surface area contributed by atoms with Gasteiger partial charge in [-0.15, -0.1) is 0 Å². The van der Waals surface area contributed by atoms with Crippen molar-refractivity contribution in [3.05, 3.63) is 29.8 Å². The molecular weight excluding hydrogens is 248 g/mol. The Morgan fingerprint density at radius 1 is 1.15 bits per heavy atom. The number of nitrogen functional groups attached to an aromatic ring is 1. The van der Waals surface area contributed by atoms with Gasteiger partial charge in [0.05, 0.1) is 0 Å². The Balaban J connectivity index is 1.49. The maximum Gasteiger partial charge on any atom is 0.226 e. The van der Waals surface area contributed by atoms with Gasteiger partial charge in [0.15, 0.2) is 0 Å². The van der Waals surface area contributed by atoms with Gasteiger partial charge in [0.1, 0.15) is 0 Å². The van der Waals surface area contributed by atoms with Crippen molar-refractivity contribution in [2.45, 2.75) is 44.7 Å². The Morgan fingerprint density at radius 3 is 2.50 bits per heavy atom. The molecule has 106 valence electrons. The summed E-state index contributed by atoms with van der Waals surface area (Å²) >= 11 is 0. The first-order chi connectivity index (χ1) is 9.72. The highest BCUT2D eigenvalue weighted by Gasteiger charge is 2.49. The molecule has 0 radical (unpaired) electrons. The van der Waals surface area contributed by atoms with Gasteiger partial charge >= 0.3 is 0 Å². The van der Waals surface area contributed by atoms with Gasteiger partial charge in [0, 0.05) is 24.2 Å². The van der Waals surface area contributed by atoms with Crippen LogP contribution in [0.4, 0.5) is 5.69 Å². The lowest BCUT2D eigenvalue weighted by Gasteiger charge is -2.27. The fourth-order valence-electron chi connectivity index (χ4n) is 3.79. The molecule has 1 aromatic carbocycles. The van der Waals surface area contributed by atoms with Crippen molar-refractivity contribution in [1.82, 2.24) is 4.90 Å². The van der Waals surface area contributed by atoms with Crippen LogP contribution in [-0.2, 0) is 11.3 Å². The molecule has 3 aliphatic carbocycles. The van der Waals surface area contributed by atoms with E-state index in [0.717, 1.165) is 48.8 Å². The third-order valence-corrected chi connectivity index (χ3v) is 5.26. The number of nitrogens with zero attached hydrogens (tertiary/aromatic N) is 1. The minimum atomic E-state index is 0.296. The van der Waals surface area contributed by atoms with Crippen molar-refractivity contribution >= 4 is 11.6 Å². The smallest absolute Gasteiger partial charge is 0.226 e. The summed E-state index contributed by atoms with van der Waals surface area (Å²) in [5.41, 5.74) is 7.93. The van der Waals surface area contributed by atoms with Crippen LogP contribution in [0.3, 0.4) is 0 Å². The summed E-state index contributed by atoms with van der Waals surface area (Å²) in [6.45, 7) is 0.696. The maximum atomic E-state index is 12.8. The SMILES string of the molecule is Nc1ccccc1CN(C(=O)C1CC2CC2C1)C1CC1. The van der Waals surface area contributed by atoms with Gasteiger partial charge in [-0.25, -0.2) is 0 Å². The zero-order chi connectivity index (χ0) is 13.7. The number of amides is 1. The third kappa shape index (κ3) is 2.19. The highest BCUT2D eigenvalue weighted by molar-refractivity contribution is 5.80. The van der Waals surface area contributed by atoms with E-state index in [0.29, 0.717) is 24.4 Å². The number of fused-ring (bicyclic) bond motifs is 1. The molecule has 2 unspecified atom stereocenters. The third-order valence-electron chi connectivity index (χ3n) is 5.26. The topological polar surface area (TPSA) is 46.3 Å². The lowest BCUT2D eigenvalue weighted by Crippen LogP contribution is -2.37. The second-order valence-electron chi connectivity index (χ2n) is 6.82. The molecule has 3 saturated carbocycles. The second kappa shape index (κ2) is 4.51. The number of benzene rings is 1. The maximum absolute atomic E-state index is 12.8. The Morgan fingerprint density at radius 2 is 1.85 bits per heavy atom. The molecule has 3 aliphatic rings. The van der Waals surface area contributed by atoms with E-state index in [1.54, 1.807) is 0 Å². The fraction of sp³-hybridized carbons (Fsp3) is 0.588. The van der Waals surface area contributed by atoms with Crippen molar-refractivity contribution in [1.29, 1.82) is 0 Å². The first-order valence-corrected chi connectivity index (χ1v) is 7.86. The molecule has 3 nitrogen and oxygen atoms in total. The average Bonchev–Trinajstić information content (AvgIpc) is 3.37. The predicted molar refractivity (Wildman–Crippen MR) is 78.7 cm³/mol. The van der Waals surface area contributed by atoms with Crippen LogP contribution in [0.5, 0.6) is 0 Å². The Labute approximate surface area is 120 Å². The van der Waals surface area contributed by atoms with Crippen molar-refractivity contribution in [2.24, 2.45) is 17.8 Å². The zero-order valence-electron chi connectivity index (χ0n) is 11.8. The quantitative estimate of drug-likeness (QED) is 0.855. The second-order valence-corrected chi connectivity index (χ2v) is 6.82. The van der Waals surface area contributed by atoms with Gasteiger partial charge < -0.3 is 10.6 Å². The largest absolute Gasteiger partial charge is 0.398 e. The fourth-order valence-corrected chi connectivity index (χ4v) is 3.79. The normalized spacial score (nSPS) is 30.9. The molecule has 4 rings (SSSR count). The zero-order valence-corrected chi connectivity index (χ0v) is 11.8. The first-order valence-electron chi connectivity index (χ1n) is 7.86. The number of carbonyl (C=O) groups excluding carboxylic acids is 1. The lowest BCUT2D eigenvalue weighted by atomic mass is 10.0. The summed E-state index contributed by atoms with van der Waals surface area (Å²) in [5.74, 6) is 2.42. The molecule has 3 heteroatoms. The van der Waals surface area contributed by atoms with Crippen LogP contribution in [0.1, 0.15) is 37.7 Å². The minimum absolute atomic E-state index is 0.296. The van der Waals surface area contributed by atoms with Gasteiger partial charge in [0.25, 0.3) is 0 Å². The first kappa shape index (κ1) is 12.2. The molecule has 0 bridgehead atoms. The summed E-state index contributed by atoms with van der Waals surface area (Å²) in [5, 5.41) is 0.